The maximum Gasteiger partial charge on any atom is 0.320 e. The molecule has 3 heterocycles. The number of nitrogens with one attached hydrogen (secondary N) is 1. The fourth-order valence-electron chi connectivity index (χ4n) is 6.20. The van der Waals surface area contributed by atoms with Gasteiger partial charge in [0.15, 0.2) is 0 Å². The Balaban J connectivity index is 1.07. The summed E-state index contributed by atoms with van der Waals surface area (Å²) in [4.78, 5) is 49.9. The van der Waals surface area contributed by atoms with Gasteiger partial charge in [0.05, 0.1) is 65.3 Å². The number of fused-ring (bicyclic) bond motifs is 1. The van der Waals surface area contributed by atoms with Gasteiger partial charge in [0, 0.05) is 62.9 Å². The van der Waals surface area contributed by atoms with E-state index in [4.69, 9.17) is 28.7 Å². The molecule has 1 aliphatic carbocycles. The van der Waals surface area contributed by atoms with Gasteiger partial charge in [-0.05, 0) is 68.6 Å². The quantitative estimate of drug-likeness (QED) is 0.128. The number of ether oxygens (including phenoxy) is 5. The van der Waals surface area contributed by atoms with Crippen LogP contribution < -0.4 is 10.1 Å². The molecule has 0 bridgehead atoms. The number of carbonyl (C=O) groups excluding carboxylic acids is 2. The molecule has 0 unspecified atom stereocenters. The highest BCUT2D eigenvalue weighted by atomic mass is 16.6. The van der Waals surface area contributed by atoms with Crippen LogP contribution in [0.4, 0.5) is 4.79 Å². The van der Waals surface area contributed by atoms with Crippen molar-refractivity contribution >= 4 is 17.9 Å². The van der Waals surface area contributed by atoms with Crippen molar-refractivity contribution in [3.8, 4) is 5.88 Å². The molecule has 1 saturated heterocycles. The first-order chi connectivity index (χ1) is 25.4. The third kappa shape index (κ3) is 14.6. The van der Waals surface area contributed by atoms with E-state index in [0.717, 1.165) is 44.4 Å². The molecule has 0 saturated carbocycles. The van der Waals surface area contributed by atoms with Gasteiger partial charge in [-0.1, -0.05) is 19.1 Å². The van der Waals surface area contributed by atoms with E-state index in [1.54, 1.807) is 28.1 Å². The zero-order valence-corrected chi connectivity index (χ0v) is 30.7. The van der Waals surface area contributed by atoms with Crippen molar-refractivity contribution in [3.05, 3.63) is 53.0 Å². The molecule has 2 aromatic heterocycles. The first-order valence-electron chi connectivity index (χ1n) is 18.9. The number of carboxylic acid groups (broad SMARTS) is 1. The van der Waals surface area contributed by atoms with Crippen LogP contribution in [0.2, 0.25) is 0 Å². The van der Waals surface area contributed by atoms with Crippen molar-refractivity contribution < 1.29 is 43.2 Å². The highest BCUT2D eigenvalue weighted by molar-refractivity contribution is 5.78. The number of pyridine rings is 2. The molecule has 2 N–H and O–H groups in total. The molecule has 2 aromatic rings. The summed E-state index contributed by atoms with van der Waals surface area (Å²) in [6.07, 6.45) is 9.35. The summed E-state index contributed by atoms with van der Waals surface area (Å²) in [6.45, 7) is 8.49. The number of aliphatic carboxylic acids is 1. The lowest BCUT2D eigenvalue weighted by atomic mass is 9.95. The third-order valence-corrected chi connectivity index (χ3v) is 8.94. The van der Waals surface area contributed by atoms with Crippen molar-refractivity contribution in [1.82, 2.24) is 25.1 Å². The van der Waals surface area contributed by atoms with Crippen molar-refractivity contribution in [2.75, 3.05) is 85.6 Å². The second-order valence-electron chi connectivity index (χ2n) is 13.0. The van der Waals surface area contributed by atoms with Gasteiger partial charge in [-0.3, -0.25) is 14.6 Å². The molecule has 0 radical (unpaired) electrons. The Morgan fingerprint density at radius 3 is 2.33 bits per heavy atom. The van der Waals surface area contributed by atoms with E-state index in [2.05, 4.69) is 29.4 Å². The first-order valence-corrected chi connectivity index (χ1v) is 18.9. The normalized spacial score (nSPS) is 14.8. The van der Waals surface area contributed by atoms with Gasteiger partial charge in [-0.2, -0.15) is 0 Å². The highest BCUT2D eigenvalue weighted by Gasteiger charge is 2.35. The van der Waals surface area contributed by atoms with Crippen LogP contribution in [-0.4, -0.2) is 128 Å². The topological polar surface area (TPSA) is 162 Å². The zero-order valence-electron chi connectivity index (χ0n) is 30.7. The summed E-state index contributed by atoms with van der Waals surface area (Å²) in [6, 6.07) is 6.96. The van der Waals surface area contributed by atoms with Crippen LogP contribution in [0.5, 0.6) is 5.88 Å². The fraction of sp³-hybridized carbons (Fsp3) is 0.658. The number of hydrogen-bond donors (Lipinski definition) is 2. The highest BCUT2D eigenvalue weighted by Crippen LogP contribution is 2.29. The summed E-state index contributed by atoms with van der Waals surface area (Å²) in [7, 11) is 0. The van der Waals surface area contributed by atoms with Crippen molar-refractivity contribution in [3.63, 3.8) is 0 Å². The molecule has 1 fully saturated rings. The molecule has 288 valence electrons. The molecule has 1 atom stereocenters. The van der Waals surface area contributed by atoms with Gasteiger partial charge in [0.1, 0.15) is 0 Å². The van der Waals surface area contributed by atoms with E-state index < -0.39 is 12.0 Å². The Bertz CT molecular complexity index is 1360. The number of nitrogens with zero attached hydrogens (tertiary/aromatic N) is 4. The monoisotopic (exact) mass is 727 g/mol. The molecular formula is C38H57N5O9. The van der Waals surface area contributed by atoms with Crippen LogP contribution in [0, 0.1) is 0 Å². The maximum absolute atomic E-state index is 13.4. The summed E-state index contributed by atoms with van der Waals surface area (Å²) in [5, 5.41) is 12.5. The molecule has 0 spiro atoms. The molecule has 3 amide bonds. The minimum Gasteiger partial charge on any atom is -0.481 e. The summed E-state index contributed by atoms with van der Waals surface area (Å²) >= 11 is 0. The van der Waals surface area contributed by atoms with E-state index in [1.807, 2.05) is 0 Å². The Labute approximate surface area is 307 Å². The number of aryl methyl sites for hydroxylation is 3. The lowest BCUT2D eigenvalue weighted by Gasteiger charge is -2.27. The Hall–Kier alpha value is -3.85. The molecule has 1 aliphatic heterocycles. The average molecular weight is 728 g/mol. The second kappa shape index (κ2) is 23.7. The van der Waals surface area contributed by atoms with E-state index in [0.29, 0.717) is 96.9 Å². The minimum atomic E-state index is -0.987. The second-order valence-corrected chi connectivity index (χ2v) is 13.0. The number of amides is 3. The summed E-state index contributed by atoms with van der Waals surface area (Å²) in [5.74, 6) is -0.704. The number of hydrogen-bond acceptors (Lipinski definition) is 10. The van der Waals surface area contributed by atoms with Gasteiger partial charge < -0.3 is 43.9 Å². The minimum absolute atomic E-state index is 0.104. The largest absolute Gasteiger partial charge is 0.481 e. The van der Waals surface area contributed by atoms with Gasteiger partial charge in [0.25, 0.3) is 0 Å². The number of rotatable bonds is 27. The Morgan fingerprint density at radius 2 is 1.62 bits per heavy atom. The van der Waals surface area contributed by atoms with Gasteiger partial charge in [-0.25, -0.2) is 9.78 Å². The standard InChI is InChI=1S/C38H57N5O9/c1-2-19-48-22-24-50-26-27-51-25-23-49-21-14-35(44)39-15-6-20-52-36-13-11-31(29-40-36)34(28-37(45)46)43-18-17-42(38(43)47)16-5-8-32-12-10-30-7-3-4-9-33(30)41-32/h10-13,29,34H,2-9,14-28H2,1H3,(H,39,44)(H,45,46)/t34-/m0/s1. The lowest BCUT2D eigenvalue weighted by molar-refractivity contribution is -0.138. The van der Waals surface area contributed by atoms with Crippen LogP contribution in [0.25, 0.3) is 0 Å². The first kappa shape index (κ1) is 40.9. The van der Waals surface area contributed by atoms with Gasteiger partial charge in [-0.15, -0.1) is 0 Å². The van der Waals surface area contributed by atoms with Gasteiger partial charge in [0.2, 0.25) is 11.8 Å². The molecule has 0 aromatic carbocycles. The number of carboxylic acids is 1. The predicted octanol–water partition coefficient (Wildman–Crippen LogP) is 3.99. The number of aromatic nitrogens is 2. The average Bonchev–Trinajstić information content (AvgIpc) is 3.51. The van der Waals surface area contributed by atoms with Crippen molar-refractivity contribution in [2.45, 2.75) is 77.2 Å². The Kier molecular flexibility index (Phi) is 18.6. The summed E-state index contributed by atoms with van der Waals surface area (Å²) < 4.78 is 27.4. The molecule has 4 rings (SSSR count). The molecule has 52 heavy (non-hydrogen) atoms. The van der Waals surface area contributed by atoms with Crippen LogP contribution in [0.3, 0.4) is 0 Å². The predicted molar refractivity (Wildman–Crippen MR) is 193 cm³/mol. The zero-order chi connectivity index (χ0) is 36.8. The van der Waals surface area contributed by atoms with Crippen LogP contribution in [0.15, 0.2) is 30.5 Å². The lowest BCUT2D eigenvalue weighted by Crippen LogP contribution is -2.36. The SMILES string of the molecule is CCCOCCOCCOCCOCCC(=O)NCCCOc1ccc([C@H](CC(=O)O)N2CCN(CCCc3ccc4c(n3)CCCC4)C2=O)cn1. The van der Waals surface area contributed by atoms with Gasteiger partial charge >= 0.3 is 12.0 Å². The molecule has 14 nitrogen and oxygen atoms in total. The van der Waals surface area contributed by atoms with E-state index in [1.165, 1.54) is 24.1 Å². The van der Waals surface area contributed by atoms with E-state index in [9.17, 15) is 19.5 Å². The summed E-state index contributed by atoms with van der Waals surface area (Å²) in [5.41, 5.74) is 4.28. The maximum atomic E-state index is 13.4. The number of urea groups is 1. The van der Waals surface area contributed by atoms with Crippen molar-refractivity contribution in [1.29, 1.82) is 0 Å². The van der Waals surface area contributed by atoms with Crippen LogP contribution in [-0.2, 0) is 47.8 Å². The smallest absolute Gasteiger partial charge is 0.320 e. The number of carbonyl (C=O) groups is 3. The van der Waals surface area contributed by atoms with Crippen LogP contribution >= 0.6 is 0 Å². The van der Waals surface area contributed by atoms with E-state index in [-0.39, 0.29) is 24.8 Å². The fourth-order valence-corrected chi connectivity index (χ4v) is 6.20. The van der Waals surface area contributed by atoms with Crippen LogP contribution in [0.1, 0.15) is 80.4 Å². The van der Waals surface area contributed by atoms with Crippen molar-refractivity contribution in [2.24, 2.45) is 0 Å². The third-order valence-electron chi connectivity index (χ3n) is 8.94. The Morgan fingerprint density at radius 1 is 0.885 bits per heavy atom. The molecular weight excluding hydrogens is 670 g/mol. The molecule has 14 heteroatoms. The molecule has 2 aliphatic rings. The van der Waals surface area contributed by atoms with E-state index >= 15 is 0 Å².